The molecular weight excluding hydrogens is 389 g/mol. The number of aromatic nitrogens is 2. The number of nitrogens with zero attached hydrogens (tertiary/aromatic N) is 2. The topological polar surface area (TPSA) is 46.4 Å². The van der Waals surface area contributed by atoms with E-state index in [0.29, 0.717) is 21.4 Å². The number of anilines is 1. The molecule has 0 bridgehead atoms. The van der Waals surface area contributed by atoms with Crippen molar-refractivity contribution in [3.8, 4) is 11.3 Å². The van der Waals surface area contributed by atoms with Crippen LogP contribution in [0.15, 0.2) is 54.0 Å². The van der Waals surface area contributed by atoms with Crippen molar-refractivity contribution in [3.05, 3.63) is 75.3 Å². The highest BCUT2D eigenvalue weighted by Gasteiger charge is 2.16. The van der Waals surface area contributed by atoms with Crippen LogP contribution < -0.4 is 5.32 Å². The molecule has 4 nitrogen and oxygen atoms in total. The van der Waals surface area contributed by atoms with Gasteiger partial charge in [-0.25, -0.2) is 4.98 Å². The molecule has 0 saturated carbocycles. The lowest BCUT2D eigenvalue weighted by atomic mass is 10.1. The summed E-state index contributed by atoms with van der Waals surface area (Å²) in [7, 11) is 0. The summed E-state index contributed by atoms with van der Waals surface area (Å²) in [6.45, 7) is 2.04. The van der Waals surface area contributed by atoms with E-state index in [4.69, 9.17) is 23.2 Å². The SMILES string of the molecule is Cc1ccc(-c2cn3c(C(=O)Nc4ccc(Cl)cc4Cl)csc3n2)cc1. The smallest absolute Gasteiger partial charge is 0.273 e. The number of thiazole rings is 1. The van der Waals surface area contributed by atoms with E-state index in [1.54, 1.807) is 28.0 Å². The molecule has 0 aliphatic rings. The first-order chi connectivity index (χ1) is 12.5. The fraction of sp³-hybridized carbons (Fsp3) is 0.0526. The van der Waals surface area contributed by atoms with Gasteiger partial charge in [0.05, 0.1) is 16.4 Å². The molecule has 0 spiro atoms. The minimum Gasteiger partial charge on any atom is -0.319 e. The molecule has 0 unspecified atom stereocenters. The van der Waals surface area contributed by atoms with E-state index in [0.717, 1.165) is 16.2 Å². The number of nitrogens with one attached hydrogen (secondary N) is 1. The molecule has 7 heteroatoms. The molecule has 130 valence electrons. The first-order valence-electron chi connectivity index (χ1n) is 7.81. The number of benzene rings is 2. The van der Waals surface area contributed by atoms with Gasteiger partial charge in [-0.15, -0.1) is 11.3 Å². The number of fused-ring (bicyclic) bond motifs is 1. The molecular formula is C19H13Cl2N3OS. The minimum absolute atomic E-state index is 0.256. The normalized spacial score (nSPS) is 11.0. The Bertz CT molecular complexity index is 1120. The Balaban J connectivity index is 1.66. The molecule has 4 aromatic rings. The van der Waals surface area contributed by atoms with E-state index in [1.165, 1.54) is 16.9 Å². The molecule has 4 rings (SSSR count). The van der Waals surface area contributed by atoms with Gasteiger partial charge in [0.1, 0.15) is 5.69 Å². The third-order valence-electron chi connectivity index (χ3n) is 3.97. The Hall–Kier alpha value is -2.34. The molecule has 0 saturated heterocycles. The van der Waals surface area contributed by atoms with Crippen molar-refractivity contribution in [2.45, 2.75) is 6.92 Å². The van der Waals surface area contributed by atoms with Gasteiger partial charge in [-0.2, -0.15) is 0 Å². The van der Waals surface area contributed by atoms with Crippen molar-refractivity contribution in [2.24, 2.45) is 0 Å². The fourth-order valence-corrected chi connectivity index (χ4v) is 3.90. The third-order valence-corrected chi connectivity index (χ3v) is 5.36. The molecule has 0 aliphatic carbocycles. The largest absolute Gasteiger partial charge is 0.319 e. The Kier molecular flexibility index (Phi) is 4.44. The Morgan fingerprint density at radius 1 is 1.15 bits per heavy atom. The number of carbonyl (C=O) groups is 1. The number of hydrogen-bond acceptors (Lipinski definition) is 3. The second kappa shape index (κ2) is 6.76. The van der Waals surface area contributed by atoms with Crippen LogP contribution in [0.1, 0.15) is 16.1 Å². The Morgan fingerprint density at radius 3 is 2.65 bits per heavy atom. The van der Waals surface area contributed by atoms with E-state index in [9.17, 15) is 4.79 Å². The average Bonchev–Trinajstić information content (AvgIpc) is 3.18. The van der Waals surface area contributed by atoms with E-state index >= 15 is 0 Å². The summed E-state index contributed by atoms with van der Waals surface area (Å²) in [6, 6.07) is 13.1. The van der Waals surface area contributed by atoms with Gasteiger partial charge < -0.3 is 5.32 Å². The lowest BCUT2D eigenvalue weighted by Gasteiger charge is -2.06. The summed E-state index contributed by atoms with van der Waals surface area (Å²) in [5.74, 6) is -0.256. The summed E-state index contributed by atoms with van der Waals surface area (Å²) in [4.78, 5) is 18.0. The van der Waals surface area contributed by atoms with Gasteiger partial charge in [-0.1, -0.05) is 53.0 Å². The molecule has 1 amide bonds. The van der Waals surface area contributed by atoms with Gasteiger partial charge in [0.15, 0.2) is 4.96 Å². The highest BCUT2D eigenvalue weighted by atomic mass is 35.5. The summed E-state index contributed by atoms with van der Waals surface area (Å²) < 4.78 is 1.79. The lowest BCUT2D eigenvalue weighted by molar-refractivity contribution is 0.102. The number of rotatable bonds is 3. The minimum atomic E-state index is -0.256. The molecule has 0 radical (unpaired) electrons. The number of carbonyl (C=O) groups excluding carboxylic acids is 1. The maximum absolute atomic E-state index is 12.7. The monoisotopic (exact) mass is 401 g/mol. The second-order valence-corrected chi connectivity index (χ2v) is 7.52. The van der Waals surface area contributed by atoms with Gasteiger partial charge in [-0.05, 0) is 25.1 Å². The zero-order chi connectivity index (χ0) is 18.3. The van der Waals surface area contributed by atoms with E-state index < -0.39 is 0 Å². The van der Waals surface area contributed by atoms with Gasteiger partial charge in [0.25, 0.3) is 5.91 Å². The van der Waals surface area contributed by atoms with Crippen molar-refractivity contribution >= 4 is 51.1 Å². The van der Waals surface area contributed by atoms with E-state index in [-0.39, 0.29) is 5.91 Å². The zero-order valence-electron chi connectivity index (χ0n) is 13.7. The first kappa shape index (κ1) is 17.1. The van der Waals surface area contributed by atoms with Crippen LogP contribution in [-0.4, -0.2) is 15.3 Å². The number of imidazole rings is 1. The molecule has 1 N–H and O–H groups in total. The molecule has 2 aromatic heterocycles. The Labute approximate surface area is 164 Å². The highest BCUT2D eigenvalue weighted by Crippen LogP contribution is 2.27. The number of amides is 1. The average molecular weight is 402 g/mol. The first-order valence-corrected chi connectivity index (χ1v) is 9.45. The summed E-state index contributed by atoms with van der Waals surface area (Å²) in [6.07, 6.45) is 1.87. The van der Waals surface area contributed by atoms with Gasteiger partial charge >= 0.3 is 0 Å². The summed E-state index contributed by atoms with van der Waals surface area (Å²) in [5, 5.41) is 5.50. The van der Waals surface area contributed by atoms with Crippen LogP contribution in [-0.2, 0) is 0 Å². The van der Waals surface area contributed by atoms with Crippen molar-refractivity contribution in [1.82, 2.24) is 9.38 Å². The van der Waals surface area contributed by atoms with Crippen LogP contribution in [0, 0.1) is 6.92 Å². The van der Waals surface area contributed by atoms with Crippen LogP contribution in [0.25, 0.3) is 16.2 Å². The van der Waals surface area contributed by atoms with Crippen molar-refractivity contribution in [3.63, 3.8) is 0 Å². The van der Waals surface area contributed by atoms with E-state index in [1.807, 2.05) is 37.4 Å². The van der Waals surface area contributed by atoms with E-state index in [2.05, 4.69) is 10.3 Å². The molecule has 0 aliphatic heterocycles. The quantitative estimate of drug-likeness (QED) is 0.462. The predicted molar refractivity (Wildman–Crippen MR) is 108 cm³/mol. The number of aryl methyl sites for hydroxylation is 1. The summed E-state index contributed by atoms with van der Waals surface area (Å²) >= 11 is 13.4. The van der Waals surface area contributed by atoms with Crippen molar-refractivity contribution < 1.29 is 4.79 Å². The van der Waals surface area contributed by atoms with Crippen molar-refractivity contribution in [2.75, 3.05) is 5.32 Å². The van der Waals surface area contributed by atoms with Crippen LogP contribution in [0.5, 0.6) is 0 Å². The predicted octanol–water partition coefficient (Wildman–Crippen LogP) is 5.93. The zero-order valence-corrected chi connectivity index (χ0v) is 16.0. The Morgan fingerprint density at radius 2 is 1.92 bits per heavy atom. The maximum Gasteiger partial charge on any atom is 0.273 e. The van der Waals surface area contributed by atoms with Crippen LogP contribution in [0.3, 0.4) is 0 Å². The number of hydrogen-bond donors (Lipinski definition) is 1. The van der Waals surface area contributed by atoms with Crippen LogP contribution >= 0.6 is 34.5 Å². The molecule has 26 heavy (non-hydrogen) atoms. The van der Waals surface area contributed by atoms with Crippen LogP contribution in [0.2, 0.25) is 10.0 Å². The van der Waals surface area contributed by atoms with Crippen molar-refractivity contribution in [1.29, 1.82) is 0 Å². The third kappa shape index (κ3) is 3.21. The molecule has 0 fully saturated rings. The van der Waals surface area contributed by atoms with Gasteiger partial charge in [-0.3, -0.25) is 9.20 Å². The molecule has 0 atom stereocenters. The van der Waals surface area contributed by atoms with Gasteiger partial charge in [0, 0.05) is 22.2 Å². The molecule has 2 aromatic carbocycles. The second-order valence-electron chi connectivity index (χ2n) is 5.84. The number of halogens is 2. The van der Waals surface area contributed by atoms with Gasteiger partial charge in [0.2, 0.25) is 0 Å². The fourth-order valence-electron chi connectivity index (χ4n) is 2.59. The van der Waals surface area contributed by atoms with Crippen LogP contribution in [0.4, 0.5) is 5.69 Å². The summed E-state index contributed by atoms with van der Waals surface area (Å²) in [5.41, 5.74) is 4.05. The highest BCUT2D eigenvalue weighted by molar-refractivity contribution is 7.15. The maximum atomic E-state index is 12.7. The standard InChI is InChI=1S/C19H13Cl2N3OS/c1-11-2-4-12(5-3-11)16-9-24-17(10-26-19(24)23-16)18(25)22-15-7-6-13(20)8-14(15)21/h2-10H,1H3,(H,22,25). The lowest BCUT2D eigenvalue weighted by Crippen LogP contribution is -2.14. The molecule has 2 heterocycles.